The highest BCUT2D eigenvalue weighted by atomic mass is 79.9. The molecule has 0 saturated carbocycles. The van der Waals surface area contributed by atoms with Gasteiger partial charge in [-0.3, -0.25) is 9.59 Å². The first-order chi connectivity index (χ1) is 17.5. The topological polar surface area (TPSA) is 46.6 Å². The quantitative estimate of drug-likeness (QED) is 0.217. The van der Waals surface area contributed by atoms with Crippen molar-refractivity contribution in [1.82, 2.24) is 0 Å². The Hall–Kier alpha value is -3.70. The van der Waals surface area contributed by atoms with Gasteiger partial charge in [-0.25, -0.2) is 4.90 Å². The fourth-order valence-corrected chi connectivity index (χ4v) is 7.54. The van der Waals surface area contributed by atoms with Crippen molar-refractivity contribution in [2.45, 2.75) is 17.2 Å². The maximum absolute atomic E-state index is 14.0. The van der Waals surface area contributed by atoms with E-state index in [0.717, 1.165) is 33.6 Å². The van der Waals surface area contributed by atoms with Gasteiger partial charge in [-0.15, -0.1) is 0 Å². The van der Waals surface area contributed by atoms with Crippen LogP contribution in [0.15, 0.2) is 97.1 Å². The highest BCUT2D eigenvalue weighted by Gasteiger charge is 2.67. The standard InChI is InChI=1S/C31H22BrNO3/c1-18-10-14-20(15-11-18)36-21-16-12-19(13-17-21)33-29(34)27-26-22-6-2-4-8-24(22)31(32,28(27)30(33)35)25-9-5-3-7-23(25)26/h2-17,26-28H,1H3/t26?,27-,28+,31?/m0/s1. The minimum atomic E-state index is -0.740. The summed E-state index contributed by atoms with van der Waals surface area (Å²) in [6, 6.07) is 31.4. The van der Waals surface area contributed by atoms with E-state index >= 15 is 0 Å². The second-order valence-corrected chi connectivity index (χ2v) is 11.0. The third-order valence-electron chi connectivity index (χ3n) is 7.87. The number of halogens is 1. The molecule has 176 valence electrons. The van der Waals surface area contributed by atoms with Gasteiger partial charge in [0, 0.05) is 5.92 Å². The summed E-state index contributed by atoms with van der Waals surface area (Å²) in [6.07, 6.45) is 0. The van der Waals surface area contributed by atoms with E-state index in [9.17, 15) is 9.59 Å². The van der Waals surface area contributed by atoms with Gasteiger partial charge < -0.3 is 4.74 Å². The van der Waals surface area contributed by atoms with E-state index in [2.05, 4.69) is 40.2 Å². The van der Waals surface area contributed by atoms with E-state index in [1.54, 1.807) is 24.3 Å². The maximum atomic E-state index is 14.0. The Balaban J connectivity index is 1.28. The van der Waals surface area contributed by atoms with Crippen LogP contribution in [0.25, 0.3) is 0 Å². The Bertz CT molecular complexity index is 1500. The molecule has 4 nitrogen and oxygen atoms in total. The zero-order valence-corrected chi connectivity index (χ0v) is 21.1. The van der Waals surface area contributed by atoms with Crippen LogP contribution < -0.4 is 9.64 Å². The summed E-state index contributed by atoms with van der Waals surface area (Å²) < 4.78 is 5.21. The number of carbonyl (C=O) groups is 2. The van der Waals surface area contributed by atoms with Crippen LogP contribution in [-0.4, -0.2) is 11.8 Å². The fraction of sp³-hybridized carbons (Fsp3) is 0.161. The van der Waals surface area contributed by atoms with Gasteiger partial charge in [-0.1, -0.05) is 82.2 Å². The van der Waals surface area contributed by atoms with Gasteiger partial charge in [0.05, 0.1) is 21.8 Å². The molecule has 4 aromatic rings. The molecule has 0 aromatic heterocycles. The van der Waals surface area contributed by atoms with Crippen LogP contribution in [0.3, 0.4) is 0 Å². The molecular formula is C31H22BrNO3. The molecule has 3 aliphatic carbocycles. The lowest BCUT2D eigenvalue weighted by Crippen LogP contribution is -2.50. The number of hydrogen-bond acceptors (Lipinski definition) is 3. The molecule has 1 saturated heterocycles. The van der Waals surface area contributed by atoms with Gasteiger partial charge in [0.25, 0.3) is 0 Å². The summed E-state index contributed by atoms with van der Waals surface area (Å²) in [5, 5.41) is 0. The van der Waals surface area contributed by atoms with Crippen molar-refractivity contribution < 1.29 is 14.3 Å². The predicted octanol–water partition coefficient (Wildman–Crippen LogP) is 6.69. The Morgan fingerprint density at radius 2 is 1.25 bits per heavy atom. The van der Waals surface area contributed by atoms with Crippen molar-refractivity contribution in [3.63, 3.8) is 0 Å². The number of imide groups is 1. The molecular weight excluding hydrogens is 514 g/mol. The molecule has 0 N–H and O–H groups in total. The van der Waals surface area contributed by atoms with Crippen molar-refractivity contribution in [3.8, 4) is 11.5 Å². The van der Waals surface area contributed by atoms with E-state index in [-0.39, 0.29) is 17.7 Å². The number of benzene rings is 4. The Morgan fingerprint density at radius 1 is 0.722 bits per heavy atom. The Morgan fingerprint density at radius 3 is 1.83 bits per heavy atom. The second kappa shape index (κ2) is 7.65. The lowest BCUT2D eigenvalue weighted by Gasteiger charge is -2.51. The number of anilines is 1. The largest absolute Gasteiger partial charge is 0.457 e. The molecule has 2 atom stereocenters. The number of aryl methyl sites for hydroxylation is 1. The summed E-state index contributed by atoms with van der Waals surface area (Å²) >= 11 is 4.04. The molecule has 2 amide bonds. The molecule has 0 unspecified atom stereocenters. The highest BCUT2D eigenvalue weighted by molar-refractivity contribution is 9.09. The summed E-state index contributed by atoms with van der Waals surface area (Å²) in [6.45, 7) is 2.03. The monoisotopic (exact) mass is 535 g/mol. The van der Waals surface area contributed by atoms with E-state index in [4.69, 9.17) is 4.74 Å². The third-order valence-corrected chi connectivity index (χ3v) is 9.21. The number of hydrogen-bond donors (Lipinski definition) is 0. The molecule has 1 aliphatic heterocycles. The minimum Gasteiger partial charge on any atom is -0.457 e. The average Bonchev–Trinajstić information content (AvgIpc) is 3.17. The number of rotatable bonds is 3. The van der Waals surface area contributed by atoms with E-state index in [1.165, 1.54) is 4.90 Å². The van der Waals surface area contributed by atoms with Crippen molar-refractivity contribution in [2.75, 3.05) is 4.90 Å². The van der Waals surface area contributed by atoms with Crippen LogP contribution >= 0.6 is 15.9 Å². The predicted molar refractivity (Wildman–Crippen MR) is 142 cm³/mol. The molecule has 1 heterocycles. The molecule has 8 rings (SSSR count). The molecule has 0 radical (unpaired) electrons. The van der Waals surface area contributed by atoms with Gasteiger partial charge in [-0.05, 0) is 65.6 Å². The van der Waals surface area contributed by atoms with Crippen LogP contribution in [0.4, 0.5) is 5.69 Å². The summed E-state index contributed by atoms with van der Waals surface area (Å²) in [5.41, 5.74) is 6.14. The van der Waals surface area contributed by atoms with Crippen LogP contribution in [-0.2, 0) is 13.9 Å². The van der Waals surface area contributed by atoms with Crippen LogP contribution in [0, 0.1) is 18.8 Å². The van der Waals surface area contributed by atoms with Gasteiger partial charge in [-0.2, -0.15) is 0 Å². The van der Waals surface area contributed by atoms with E-state index < -0.39 is 16.2 Å². The summed E-state index contributed by atoms with van der Waals surface area (Å²) in [4.78, 5) is 29.4. The van der Waals surface area contributed by atoms with E-state index in [0.29, 0.717) is 11.4 Å². The first-order valence-electron chi connectivity index (χ1n) is 12.1. The molecule has 4 aliphatic rings. The fourth-order valence-electron chi connectivity index (χ4n) is 6.34. The van der Waals surface area contributed by atoms with Crippen molar-refractivity contribution in [2.24, 2.45) is 11.8 Å². The minimum absolute atomic E-state index is 0.143. The lowest BCUT2D eigenvalue weighted by molar-refractivity contribution is -0.122. The first-order valence-corrected chi connectivity index (χ1v) is 12.9. The number of carbonyl (C=O) groups excluding carboxylic acids is 2. The van der Waals surface area contributed by atoms with Crippen molar-refractivity contribution in [3.05, 3.63) is 125 Å². The summed E-state index contributed by atoms with van der Waals surface area (Å²) in [5.74, 6) is -0.0315. The van der Waals surface area contributed by atoms with Gasteiger partial charge >= 0.3 is 0 Å². The average molecular weight is 536 g/mol. The second-order valence-electron chi connectivity index (χ2n) is 9.79. The van der Waals surface area contributed by atoms with Gasteiger partial charge in [0.1, 0.15) is 11.5 Å². The molecule has 36 heavy (non-hydrogen) atoms. The lowest BCUT2D eigenvalue weighted by atomic mass is 9.55. The van der Waals surface area contributed by atoms with Gasteiger partial charge in [0.2, 0.25) is 11.8 Å². The maximum Gasteiger partial charge on any atom is 0.239 e. The van der Waals surface area contributed by atoms with Gasteiger partial charge in [0.15, 0.2) is 0 Å². The molecule has 0 spiro atoms. The number of amides is 2. The number of nitrogens with zero attached hydrogens (tertiary/aromatic N) is 1. The highest BCUT2D eigenvalue weighted by Crippen LogP contribution is 2.66. The number of ether oxygens (including phenoxy) is 1. The Labute approximate surface area is 217 Å². The van der Waals surface area contributed by atoms with Crippen LogP contribution in [0.2, 0.25) is 0 Å². The SMILES string of the molecule is Cc1ccc(Oc2ccc(N3C(=O)[C@H]4C5c6ccccc6C(Br)(c6ccccc65)[C@H]4C3=O)cc2)cc1. The zero-order chi connectivity index (χ0) is 24.6. The molecule has 1 fully saturated rings. The van der Waals surface area contributed by atoms with Crippen LogP contribution in [0.5, 0.6) is 11.5 Å². The summed E-state index contributed by atoms with van der Waals surface area (Å²) in [7, 11) is 0. The zero-order valence-electron chi connectivity index (χ0n) is 19.5. The molecule has 4 aromatic carbocycles. The molecule has 2 bridgehead atoms. The molecule has 5 heteroatoms. The smallest absolute Gasteiger partial charge is 0.239 e. The third kappa shape index (κ3) is 2.80. The number of alkyl halides is 1. The van der Waals surface area contributed by atoms with Crippen molar-refractivity contribution in [1.29, 1.82) is 0 Å². The van der Waals surface area contributed by atoms with Crippen molar-refractivity contribution >= 4 is 33.4 Å². The van der Waals surface area contributed by atoms with E-state index in [1.807, 2.05) is 55.5 Å². The van der Waals surface area contributed by atoms with Crippen LogP contribution in [0.1, 0.15) is 33.7 Å². The normalized spacial score (nSPS) is 25.4. The first kappa shape index (κ1) is 21.6. The Kier molecular flexibility index (Phi) is 4.58.